The van der Waals surface area contributed by atoms with Crippen molar-refractivity contribution >= 4 is 15.9 Å². The van der Waals surface area contributed by atoms with Gasteiger partial charge in [-0.1, -0.05) is 22.0 Å². The molecule has 0 fully saturated rings. The summed E-state index contributed by atoms with van der Waals surface area (Å²) in [5, 5.41) is 26.9. The number of nitrogens with zero attached hydrogens (tertiary/aromatic N) is 1. The highest BCUT2D eigenvalue weighted by Crippen LogP contribution is 2.34. The smallest absolute Gasteiger partial charge is 0.385 e. The molecule has 17 heavy (non-hydrogen) atoms. The van der Waals surface area contributed by atoms with Crippen molar-refractivity contribution in [1.29, 1.82) is 5.26 Å². The van der Waals surface area contributed by atoms with Crippen LogP contribution in [0.4, 0.5) is 13.2 Å². The third-order valence-electron chi connectivity index (χ3n) is 2.08. The van der Waals surface area contributed by atoms with E-state index in [0.29, 0.717) is 0 Å². The van der Waals surface area contributed by atoms with Crippen LogP contribution >= 0.6 is 15.9 Å². The van der Waals surface area contributed by atoms with Crippen LogP contribution in [0, 0.1) is 11.3 Å². The Morgan fingerprint density at radius 3 is 2.29 bits per heavy atom. The van der Waals surface area contributed by atoms with Crippen LogP contribution in [0.5, 0.6) is 0 Å². The minimum atomic E-state index is -4.49. The maximum atomic E-state index is 12.3. The van der Waals surface area contributed by atoms with E-state index < -0.39 is 23.9 Å². The van der Waals surface area contributed by atoms with Gasteiger partial charge in [0.05, 0.1) is 11.6 Å². The summed E-state index contributed by atoms with van der Waals surface area (Å²) in [6.07, 6.45) is -7.74. The normalized spacial score (nSPS) is 15.1. The van der Waals surface area contributed by atoms with Crippen molar-refractivity contribution in [2.75, 3.05) is 0 Å². The predicted octanol–water partition coefficient (Wildman–Crippen LogP) is 2.39. The monoisotopic (exact) mass is 309 g/mol. The summed E-state index contributed by atoms with van der Waals surface area (Å²) >= 11 is 2.86. The molecule has 0 saturated heterocycles. The molecule has 0 aromatic heterocycles. The lowest BCUT2D eigenvalue weighted by atomic mass is 10.0. The summed E-state index contributed by atoms with van der Waals surface area (Å²) in [5.41, 5.74) is -0.862. The Morgan fingerprint density at radius 1 is 1.29 bits per heavy atom. The molecule has 0 aliphatic carbocycles. The third kappa shape index (κ3) is 3.19. The maximum absolute atomic E-state index is 12.3. The summed E-state index contributed by atoms with van der Waals surface area (Å²) in [5.74, 6) is 0. The first-order chi connectivity index (χ1) is 7.77. The molecule has 0 spiro atoms. The Bertz CT molecular complexity index is 456. The van der Waals surface area contributed by atoms with Crippen molar-refractivity contribution in [2.24, 2.45) is 0 Å². The van der Waals surface area contributed by atoms with Crippen LogP contribution in [0.15, 0.2) is 22.7 Å². The second kappa shape index (κ2) is 5.04. The van der Waals surface area contributed by atoms with E-state index >= 15 is 0 Å². The number of aliphatic hydroxyl groups excluding tert-OH is 2. The average Bonchev–Trinajstić information content (AvgIpc) is 2.25. The molecular formula is C10H7BrF3NO2. The van der Waals surface area contributed by atoms with Crippen LogP contribution in [-0.4, -0.2) is 16.3 Å². The van der Waals surface area contributed by atoms with Gasteiger partial charge in [-0.05, 0) is 17.7 Å². The molecule has 0 aliphatic rings. The van der Waals surface area contributed by atoms with Gasteiger partial charge in [0, 0.05) is 4.47 Å². The molecule has 92 valence electrons. The Balaban J connectivity index is 3.11. The first kappa shape index (κ1) is 14.0. The number of hydrogen-bond donors (Lipinski definition) is 2. The van der Waals surface area contributed by atoms with Crippen molar-refractivity contribution in [2.45, 2.75) is 18.4 Å². The molecule has 0 saturated carbocycles. The van der Waals surface area contributed by atoms with Crippen molar-refractivity contribution < 1.29 is 23.4 Å². The van der Waals surface area contributed by atoms with Crippen LogP contribution < -0.4 is 0 Å². The van der Waals surface area contributed by atoms with Crippen LogP contribution in [0.2, 0.25) is 0 Å². The summed E-state index contributed by atoms with van der Waals surface area (Å²) in [6.45, 7) is 0. The number of benzene rings is 1. The zero-order valence-corrected chi connectivity index (χ0v) is 9.83. The van der Waals surface area contributed by atoms with Crippen LogP contribution in [0.3, 0.4) is 0 Å². The van der Waals surface area contributed by atoms with E-state index in [2.05, 4.69) is 15.9 Å². The third-order valence-corrected chi connectivity index (χ3v) is 2.76. The predicted molar refractivity (Wildman–Crippen MR) is 55.7 cm³/mol. The highest BCUT2D eigenvalue weighted by Gasteiger charge is 2.31. The van der Waals surface area contributed by atoms with Gasteiger partial charge in [0.2, 0.25) is 0 Å². The van der Waals surface area contributed by atoms with Gasteiger partial charge in [0.1, 0.15) is 6.10 Å². The van der Waals surface area contributed by atoms with Gasteiger partial charge in [-0.15, -0.1) is 0 Å². The Kier molecular flexibility index (Phi) is 4.14. The molecule has 0 aliphatic heterocycles. The van der Waals surface area contributed by atoms with Crippen molar-refractivity contribution in [3.63, 3.8) is 0 Å². The van der Waals surface area contributed by atoms with Crippen LogP contribution in [0.1, 0.15) is 17.2 Å². The number of hydrogen-bond acceptors (Lipinski definition) is 3. The van der Waals surface area contributed by atoms with Gasteiger partial charge in [0.25, 0.3) is 0 Å². The molecule has 2 unspecified atom stereocenters. The quantitative estimate of drug-likeness (QED) is 0.824. The van der Waals surface area contributed by atoms with Crippen LogP contribution in [0.25, 0.3) is 0 Å². The Morgan fingerprint density at radius 2 is 1.88 bits per heavy atom. The number of rotatable bonds is 2. The van der Waals surface area contributed by atoms with Gasteiger partial charge >= 0.3 is 6.18 Å². The Hall–Kier alpha value is -1.10. The lowest BCUT2D eigenvalue weighted by Gasteiger charge is -2.15. The van der Waals surface area contributed by atoms with Gasteiger partial charge in [0.15, 0.2) is 6.10 Å². The first-order valence-corrected chi connectivity index (χ1v) is 5.19. The maximum Gasteiger partial charge on any atom is 0.416 e. The van der Waals surface area contributed by atoms with Crippen molar-refractivity contribution in [3.05, 3.63) is 33.8 Å². The lowest BCUT2D eigenvalue weighted by Crippen LogP contribution is -2.16. The van der Waals surface area contributed by atoms with Crippen molar-refractivity contribution in [3.8, 4) is 6.07 Å². The highest BCUT2D eigenvalue weighted by atomic mass is 79.9. The van der Waals surface area contributed by atoms with Crippen LogP contribution in [-0.2, 0) is 6.18 Å². The molecule has 0 amide bonds. The topological polar surface area (TPSA) is 64.2 Å². The van der Waals surface area contributed by atoms with E-state index in [1.165, 1.54) is 6.07 Å². The molecule has 0 bridgehead atoms. The fourth-order valence-electron chi connectivity index (χ4n) is 1.18. The first-order valence-electron chi connectivity index (χ1n) is 4.39. The summed E-state index contributed by atoms with van der Waals surface area (Å²) in [4.78, 5) is 0. The molecule has 1 rings (SSSR count). The highest BCUT2D eigenvalue weighted by molar-refractivity contribution is 9.10. The largest absolute Gasteiger partial charge is 0.416 e. The van der Waals surface area contributed by atoms with E-state index in [-0.39, 0.29) is 10.0 Å². The van der Waals surface area contributed by atoms with E-state index in [0.717, 1.165) is 18.2 Å². The van der Waals surface area contributed by atoms with E-state index in [9.17, 15) is 18.3 Å². The van der Waals surface area contributed by atoms with Gasteiger partial charge < -0.3 is 10.2 Å². The van der Waals surface area contributed by atoms with Crippen molar-refractivity contribution in [1.82, 2.24) is 0 Å². The zero-order chi connectivity index (χ0) is 13.2. The molecule has 1 aromatic carbocycles. The number of nitriles is 1. The summed E-state index contributed by atoms with van der Waals surface area (Å²) < 4.78 is 37.0. The minimum absolute atomic E-state index is 0.0193. The molecule has 1 aromatic rings. The number of alkyl halides is 3. The fourth-order valence-corrected chi connectivity index (χ4v) is 1.80. The van der Waals surface area contributed by atoms with Gasteiger partial charge in [-0.3, -0.25) is 0 Å². The van der Waals surface area contributed by atoms with E-state index in [1.54, 1.807) is 0 Å². The number of halogens is 4. The minimum Gasteiger partial charge on any atom is -0.385 e. The SMILES string of the molecule is N#CC(O)C(O)c1ccc(C(F)(F)F)cc1Br. The van der Waals surface area contributed by atoms with Gasteiger partial charge in [-0.2, -0.15) is 18.4 Å². The van der Waals surface area contributed by atoms with E-state index in [4.69, 9.17) is 10.4 Å². The second-order valence-corrected chi connectivity index (χ2v) is 4.11. The second-order valence-electron chi connectivity index (χ2n) is 3.25. The summed E-state index contributed by atoms with van der Waals surface area (Å²) in [6, 6.07) is 3.96. The van der Waals surface area contributed by atoms with Gasteiger partial charge in [-0.25, -0.2) is 0 Å². The molecule has 3 nitrogen and oxygen atoms in total. The molecule has 0 heterocycles. The fraction of sp³-hybridized carbons (Fsp3) is 0.300. The molecule has 2 atom stereocenters. The standard InChI is InChI=1S/C10H7BrF3NO2/c11-7-3-5(10(12,13)14)1-2-6(7)9(17)8(16)4-15/h1-3,8-9,16-17H. The lowest BCUT2D eigenvalue weighted by molar-refractivity contribution is -0.137. The number of aliphatic hydroxyl groups is 2. The molecular weight excluding hydrogens is 303 g/mol. The average molecular weight is 310 g/mol. The molecule has 2 N–H and O–H groups in total. The summed E-state index contributed by atoms with van der Waals surface area (Å²) in [7, 11) is 0. The molecule has 0 radical (unpaired) electrons. The van der Waals surface area contributed by atoms with E-state index in [1.807, 2.05) is 0 Å². The zero-order valence-electron chi connectivity index (χ0n) is 8.24. The molecule has 7 heteroatoms. The Labute approximate surface area is 103 Å².